The molecule has 6 nitrogen and oxygen atoms in total. The predicted octanol–water partition coefficient (Wildman–Crippen LogP) is 2.94. The predicted molar refractivity (Wildman–Crippen MR) is 108 cm³/mol. The number of hydrogen-bond acceptors (Lipinski definition) is 4. The highest BCUT2D eigenvalue weighted by molar-refractivity contribution is 5.94. The molecule has 3 unspecified atom stereocenters. The first kappa shape index (κ1) is 22.4. The van der Waals surface area contributed by atoms with E-state index in [1.54, 1.807) is 18.7 Å². The Morgan fingerprint density at radius 3 is 2.32 bits per heavy atom. The highest BCUT2D eigenvalue weighted by Crippen LogP contribution is 2.46. The molecule has 3 aliphatic rings. The Morgan fingerprint density at radius 1 is 1.11 bits per heavy atom. The fraction of sp³-hybridized carbons (Fsp3) is 0.636. The Hall–Kier alpha value is -1.92. The average molecular weight is 391 g/mol. The molecular formula is C22H34N2O4. The molecule has 4 rings (SSSR count). The summed E-state index contributed by atoms with van der Waals surface area (Å²) in [5.74, 6) is -2.16. The van der Waals surface area contributed by atoms with Crippen molar-refractivity contribution in [3.63, 3.8) is 0 Å². The van der Waals surface area contributed by atoms with Crippen LogP contribution in [-0.4, -0.2) is 56.9 Å². The minimum Gasteiger partial charge on any atom is -0.347 e. The number of rotatable bonds is 2. The lowest BCUT2D eigenvalue weighted by Gasteiger charge is -2.49. The maximum Gasteiger partial charge on any atom is 0.274 e. The van der Waals surface area contributed by atoms with Gasteiger partial charge in [-0.15, -0.1) is 0 Å². The molecule has 0 radical (unpaired) electrons. The summed E-state index contributed by atoms with van der Waals surface area (Å²) in [5, 5.41) is 11.2. The minimum atomic E-state index is -1.73. The van der Waals surface area contributed by atoms with Crippen molar-refractivity contribution < 1.29 is 19.4 Å². The zero-order valence-corrected chi connectivity index (χ0v) is 17.9. The van der Waals surface area contributed by atoms with Crippen molar-refractivity contribution in [1.82, 2.24) is 9.80 Å². The second kappa shape index (κ2) is 8.62. The van der Waals surface area contributed by atoms with E-state index < -0.39 is 23.6 Å². The molecule has 6 heteroatoms. The number of fused-ring (bicyclic) bond motifs is 3. The Bertz CT molecular complexity index is 691. The number of benzene rings is 1. The van der Waals surface area contributed by atoms with Crippen LogP contribution < -0.4 is 0 Å². The van der Waals surface area contributed by atoms with Crippen LogP contribution in [0.1, 0.15) is 59.9 Å². The monoisotopic (exact) mass is 390 g/mol. The zero-order valence-electron chi connectivity index (χ0n) is 17.9. The quantitative estimate of drug-likeness (QED) is 0.843. The van der Waals surface area contributed by atoms with Crippen molar-refractivity contribution in [2.45, 2.75) is 84.4 Å². The number of amides is 2. The van der Waals surface area contributed by atoms with Crippen LogP contribution in [0.2, 0.25) is 0 Å². The Kier molecular flexibility index (Phi) is 6.88. The average Bonchev–Trinajstić information content (AvgIpc) is 3.26. The van der Waals surface area contributed by atoms with Crippen molar-refractivity contribution in [2.24, 2.45) is 0 Å². The topological polar surface area (TPSA) is 70.1 Å². The summed E-state index contributed by atoms with van der Waals surface area (Å²) < 4.78 is 5.82. The van der Waals surface area contributed by atoms with Gasteiger partial charge in [0, 0.05) is 13.0 Å². The molecule has 0 aromatic heterocycles. The summed E-state index contributed by atoms with van der Waals surface area (Å²) in [6.45, 7) is 11.9. The van der Waals surface area contributed by atoms with Gasteiger partial charge in [-0.1, -0.05) is 58.0 Å². The third-order valence-corrected chi connectivity index (χ3v) is 5.32. The lowest BCUT2D eigenvalue weighted by molar-refractivity contribution is -0.310. The largest absolute Gasteiger partial charge is 0.347 e. The van der Waals surface area contributed by atoms with Gasteiger partial charge in [-0.2, -0.15) is 0 Å². The lowest BCUT2D eigenvalue weighted by Crippen LogP contribution is -2.71. The Balaban J connectivity index is 0.000000660. The van der Waals surface area contributed by atoms with Gasteiger partial charge >= 0.3 is 0 Å². The van der Waals surface area contributed by atoms with Crippen molar-refractivity contribution in [2.75, 3.05) is 6.54 Å². The van der Waals surface area contributed by atoms with Crippen LogP contribution in [-0.2, 0) is 20.7 Å². The molecule has 156 valence electrons. The summed E-state index contributed by atoms with van der Waals surface area (Å²) in [7, 11) is 0. The standard InChI is InChI=1S/C18H22N2O4.2C2H6/c1-17(2)16(22)20-13(11-12-7-4-3-5-8-12)15(21)19-10-6-9-14(19)18(20,23)24-17;2*1-2/h3-5,7-8,13-14,23H,6,9-11H2,1-2H3;2*1-2H3. The fourth-order valence-electron chi connectivity index (χ4n) is 4.24. The first-order valence-corrected chi connectivity index (χ1v) is 10.5. The molecular weight excluding hydrogens is 356 g/mol. The van der Waals surface area contributed by atoms with E-state index in [0.29, 0.717) is 19.4 Å². The van der Waals surface area contributed by atoms with E-state index in [1.165, 1.54) is 4.90 Å². The van der Waals surface area contributed by atoms with Crippen LogP contribution in [0.4, 0.5) is 0 Å². The molecule has 3 fully saturated rings. The fourth-order valence-corrected chi connectivity index (χ4v) is 4.24. The molecule has 0 spiro atoms. The van der Waals surface area contributed by atoms with E-state index in [2.05, 4.69) is 0 Å². The van der Waals surface area contributed by atoms with Gasteiger partial charge in [-0.25, -0.2) is 0 Å². The van der Waals surface area contributed by atoms with Gasteiger partial charge in [0.05, 0.1) is 0 Å². The minimum absolute atomic E-state index is 0.0966. The second-order valence-electron chi connectivity index (χ2n) is 7.34. The van der Waals surface area contributed by atoms with Gasteiger partial charge in [0.2, 0.25) is 5.91 Å². The van der Waals surface area contributed by atoms with Crippen molar-refractivity contribution in [1.29, 1.82) is 0 Å². The molecule has 1 aromatic rings. The summed E-state index contributed by atoms with van der Waals surface area (Å²) in [4.78, 5) is 28.9. The Labute approximate surface area is 168 Å². The number of ether oxygens (including phenoxy) is 1. The van der Waals surface area contributed by atoms with Crippen LogP contribution in [0.5, 0.6) is 0 Å². The second-order valence-corrected chi connectivity index (χ2v) is 7.34. The van der Waals surface area contributed by atoms with E-state index >= 15 is 0 Å². The molecule has 3 saturated heterocycles. The molecule has 0 aliphatic carbocycles. The summed E-state index contributed by atoms with van der Waals surface area (Å²) in [5.41, 5.74) is -0.184. The number of aliphatic hydroxyl groups is 1. The molecule has 3 heterocycles. The van der Waals surface area contributed by atoms with Crippen LogP contribution in [0.15, 0.2) is 30.3 Å². The molecule has 3 atom stereocenters. The van der Waals surface area contributed by atoms with E-state index in [4.69, 9.17) is 4.74 Å². The normalized spacial score (nSPS) is 30.0. The van der Waals surface area contributed by atoms with Crippen LogP contribution >= 0.6 is 0 Å². The van der Waals surface area contributed by atoms with E-state index in [-0.39, 0.29) is 11.8 Å². The lowest BCUT2D eigenvalue weighted by atomic mass is 9.96. The molecule has 1 N–H and O–H groups in total. The van der Waals surface area contributed by atoms with Gasteiger partial charge in [0.25, 0.3) is 11.8 Å². The van der Waals surface area contributed by atoms with Crippen molar-refractivity contribution in [3.8, 4) is 0 Å². The van der Waals surface area contributed by atoms with E-state index in [0.717, 1.165) is 12.0 Å². The molecule has 3 aliphatic heterocycles. The molecule has 28 heavy (non-hydrogen) atoms. The smallest absolute Gasteiger partial charge is 0.274 e. The Morgan fingerprint density at radius 2 is 1.71 bits per heavy atom. The number of piperazine rings is 1. The van der Waals surface area contributed by atoms with Gasteiger partial charge in [0.15, 0.2) is 0 Å². The molecule has 0 bridgehead atoms. The van der Waals surface area contributed by atoms with Gasteiger partial charge in [-0.3, -0.25) is 14.5 Å². The van der Waals surface area contributed by atoms with Crippen molar-refractivity contribution >= 4 is 11.8 Å². The molecule has 1 aromatic carbocycles. The summed E-state index contributed by atoms with van der Waals surface area (Å²) in [6.07, 6.45) is 1.82. The molecule has 2 amide bonds. The SMILES string of the molecule is CC.CC.CC1(C)OC2(O)C3CCCN3C(=O)C(Cc3ccccc3)N2C1=O. The number of carbonyl (C=O) groups is 2. The maximum atomic E-state index is 13.0. The first-order valence-electron chi connectivity index (χ1n) is 10.5. The highest BCUT2D eigenvalue weighted by Gasteiger charge is 2.68. The summed E-state index contributed by atoms with van der Waals surface area (Å²) in [6, 6.07) is 8.35. The number of nitrogens with zero attached hydrogens (tertiary/aromatic N) is 2. The number of carbonyl (C=O) groups excluding carboxylic acids is 2. The van der Waals surface area contributed by atoms with E-state index in [9.17, 15) is 14.7 Å². The molecule has 0 saturated carbocycles. The van der Waals surface area contributed by atoms with Gasteiger partial charge in [0.1, 0.15) is 17.7 Å². The maximum absolute atomic E-state index is 13.0. The first-order chi connectivity index (χ1) is 13.3. The zero-order chi connectivity index (χ0) is 21.1. The third kappa shape index (κ3) is 3.55. The van der Waals surface area contributed by atoms with E-state index in [1.807, 2.05) is 58.0 Å². The van der Waals surface area contributed by atoms with Gasteiger partial charge in [-0.05, 0) is 32.3 Å². The van der Waals surface area contributed by atoms with Crippen LogP contribution in [0, 0.1) is 0 Å². The van der Waals surface area contributed by atoms with Crippen LogP contribution in [0.3, 0.4) is 0 Å². The van der Waals surface area contributed by atoms with Gasteiger partial charge < -0.3 is 14.7 Å². The van der Waals surface area contributed by atoms with Crippen molar-refractivity contribution in [3.05, 3.63) is 35.9 Å². The highest BCUT2D eigenvalue weighted by atomic mass is 16.7. The third-order valence-electron chi connectivity index (χ3n) is 5.32. The summed E-state index contributed by atoms with van der Waals surface area (Å²) >= 11 is 0. The number of hydrogen-bond donors (Lipinski definition) is 1. The van der Waals surface area contributed by atoms with Crippen LogP contribution in [0.25, 0.3) is 0 Å².